The molecule has 1 unspecified atom stereocenters. The van der Waals surface area contributed by atoms with Crippen LogP contribution in [0.15, 0.2) is 77.8 Å². The second-order valence-corrected chi connectivity index (χ2v) is 9.97. The molecule has 0 aliphatic rings. The van der Waals surface area contributed by atoms with Gasteiger partial charge in [-0.1, -0.05) is 18.2 Å². The van der Waals surface area contributed by atoms with E-state index in [1.54, 1.807) is 34.8 Å². The largest absolute Gasteiger partial charge is 0.478 e. The second kappa shape index (κ2) is 9.30. The Morgan fingerprint density at radius 2 is 1.69 bits per heavy atom. The average Bonchev–Trinajstić information content (AvgIpc) is 3.24. The highest BCUT2D eigenvalue weighted by Gasteiger charge is 2.30. The Balaban J connectivity index is 1.54. The molecule has 0 fully saturated rings. The molecular weight excluding hydrogens is 477 g/mol. The SMILES string of the molecule is CC(Sc1ccc(OC(C)(C)C(=O)O)cc1)c1cccc2cn(-c3ccc(C(F)(F)F)cc3)nc12. The minimum Gasteiger partial charge on any atom is -0.478 e. The molecule has 0 spiro atoms. The van der Waals surface area contributed by atoms with Crippen molar-refractivity contribution in [2.24, 2.45) is 0 Å². The number of hydrogen-bond donors (Lipinski definition) is 1. The van der Waals surface area contributed by atoms with Gasteiger partial charge in [-0.3, -0.25) is 0 Å². The van der Waals surface area contributed by atoms with E-state index in [-0.39, 0.29) is 5.25 Å². The Kier molecular flexibility index (Phi) is 6.55. The van der Waals surface area contributed by atoms with Crippen molar-refractivity contribution in [2.75, 3.05) is 0 Å². The summed E-state index contributed by atoms with van der Waals surface area (Å²) in [5.74, 6) is -0.583. The van der Waals surface area contributed by atoms with E-state index in [0.29, 0.717) is 11.4 Å². The first-order valence-corrected chi connectivity index (χ1v) is 11.7. The van der Waals surface area contributed by atoms with Crippen molar-refractivity contribution in [3.05, 3.63) is 84.1 Å². The second-order valence-electron chi connectivity index (χ2n) is 8.55. The molecule has 1 N–H and O–H groups in total. The normalized spacial score (nSPS) is 13.1. The number of aliphatic carboxylic acids is 1. The zero-order chi connectivity index (χ0) is 25.4. The van der Waals surface area contributed by atoms with E-state index in [4.69, 9.17) is 4.74 Å². The lowest BCUT2D eigenvalue weighted by atomic mass is 10.1. The van der Waals surface area contributed by atoms with Crippen molar-refractivity contribution < 1.29 is 27.8 Å². The first kappa shape index (κ1) is 24.7. The monoisotopic (exact) mass is 500 g/mol. The van der Waals surface area contributed by atoms with Gasteiger partial charge in [0.2, 0.25) is 0 Å². The van der Waals surface area contributed by atoms with Gasteiger partial charge in [-0.15, -0.1) is 11.8 Å². The highest BCUT2D eigenvalue weighted by atomic mass is 32.2. The maximum absolute atomic E-state index is 12.9. The summed E-state index contributed by atoms with van der Waals surface area (Å²) in [5, 5.41) is 14.8. The quantitative estimate of drug-likeness (QED) is 0.273. The number of carboxylic acid groups (broad SMARTS) is 1. The van der Waals surface area contributed by atoms with E-state index in [1.807, 2.05) is 30.3 Å². The lowest BCUT2D eigenvalue weighted by molar-refractivity contribution is -0.152. The Hall–Kier alpha value is -3.46. The number of benzene rings is 3. The average molecular weight is 501 g/mol. The van der Waals surface area contributed by atoms with Crippen LogP contribution in [-0.4, -0.2) is 26.5 Å². The van der Waals surface area contributed by atoms with Crippen molar-refractivity contribution in [2.45, 2.75) is 42.7 Å². The van der Waals surface area contributed by atoms with Crippen LogP contribution in [0.3, 0.4) is 0 Å². The molecule has 1 atom stereocenters. The van der Waals surface area contributed by atoms with Crippen molar-refractivity contribution >= 4 is 28.6 Å². The molecule has 0 saturated carbocycles. The third-order valence-electron chi connectivity index (χ3n) is 5.49. The lowest BCUT2D eigenvalue weighted by Gasteiger charge is -2.21. The molecule has 35 heavy (non-hydrogen) atoms. The van der Waals surface area contributed by atoms with Gasteiger partial charge in [-0.2, -0.15) is 18.3 Å². The van der Waals surface area contributed by atoms with Gasteiger partial charge in [0.25, 0.3) is 0 Å². The zero-order valence-corrected chi connectivity index (χ0v) is 20.0. The fourth-order valence-corrected chi connectivity index (χ4v) is 4.54. The fourth-order valence-electron chi connectivity index (χ4n) is 3.52. The highest BCUT2D eigenvalue weighted by molar-refractivity contribution is 7.99. The van der Waals surface area contributed by atoms with Gasteiger partial charge in [0.05, 0.1) is 16.8 Å². The molecule has 182 valence electrons. The molecule has 0 aliphatic carbocycles. The molecular formula is C26H23F3N2O3S. The van der Waals surface area contributed by atoms with Crippen molar-refractivity contribution in [3.8, 4) is 11.4 Å². The molecule has 4 aromatic rings. The first-order chi connectivity index (χ1) is 16.4. The Morgan fingerprint density at radius 3 is 2.29 bits per heavy atom. The van der Waals surface area contributed by atoms with Crippen LogP contribution in [0.1, 0.15) is 37.1 Å². The Morgan fingerprint density at radius 1 is 1.03 bits per heavy atom. The van der Waals surface area contributed by atoms with Crippen LogP contribution in [0.4, 0.5) is 13.2 Å². The van der Waals surface area contributed by atoms with Crippen LogP contribution in [0.25, 0.3) is 16.6 Å². The van der Waals surface area contributed by atoms with Crippen LogP contribution in [0.2, 0.25) is 0 Å². The van der Waals surface area contributed by atoms with E-state index >= 15 is 0 Å². The number of ether oxygens (including phenoxy) is 1. The van der Waals surface area contributed by atoms with Gasteiger partial charge in [0.15, 0.2) is 5.60 Å². The van der Waals surface area contributed by atoms with Gasteiger partial charge < -0.3 is 9.84 Å². The number of aromatic nitrogens is 2. The number of alkyl halides is 3. The van der Waals surface area contributed by atoms with Crippen molar-refractivity contribution in [1.82, 2.24) is 9.78 Å². The summed E-state index contributed by atoms with van der Waals surface area (Å²) in [4.78, 5) is 12.2. The third-order valence-corrected chi connectivity index (χ3v) is 6.64. The van der Waals surface area contributed by atoms with Gasteiger partial charge in [-0.05, 0) is 74.9 Å². The number of hydrogen-bond acceptors (Lipinski definition) is 4. The fraction of sp³-hybridized carbons (Fsp3) is 0.231. The predicted octanol–water partition coefficient (Wildman–Crippen LogP) is 7.14. The van der Waals surface area contributed by atoms with Gasteiger partial charge in [0.1, 0.15) is 5.75 Å². The highest BCUT2D eigenvalue weighted by Crippen LogP contribution is 2.38. The van der Waals surface area contributed by atoms with Gasteiger partial charge in [0, 0.05) is 21.7 Å². The van der Waals surface area contributed by atoms with Gasteiger partial charge >= 0.3 is 12.1 Å². The summed E-state index contributed by atoms with van der Waals surface area (Å²) < 4.78 is 45.8. The molecule has 0 aliphatic heterocycles. The molecule has 0 saturated heterocycles. The van der Waals surface area contributed by atoms with Gasteiger partial charge in [-0.25, -0.2) is 9.48 Å². The number of carbonyl (C=O) groups is 1. The summed E-state index contributed by atoms with van der Waals surface area (Å²) in [6.45, 7) is 5.03. The topological polar surface area (TPSA) is 64.3 Å². The first-order valence-electron chi connectivity index (χ1n) is 10.8. The van der Waals surface area contributed by atoms with E-state index in [9.17, 15) is 23.1 Å². The van der Waals surface area contributed by atoms with Crippen LogP contribution < -0.4 is 4.74 Å². The maximum Gasteiger partial charge on any atom is 0.416 e. The Bertz CT molecular complexity index is 1350. The van der Waals surface area contributed by atoms with Crippen molar-refractivity contribution in [3.63, 3.8) is 0 Å². The zero-order valence-electron chi connectivity index (χ0n) is 19.2. The Labute approximate surface area is 204 Å². The maximum atomic E-state index is 12.9. The molecule has 1 aromatic heterocycles. The predicted molar refractivity (Wildman–Crippen MR) is 129 cm³/mol. The number of halogens is 3. The van der Waals surface area contributed by atoms with Crippen LogP contribution in [0.5, 0.6) is 5.75 Å². The number of nitrogens with zero attached hydrogens (tertiary/aromatic N) is 2. The molecule has 0 bridgehead atoms. The molecule has 3 aromatic carbocycles. The molecule has 1 heterocycles. The summed E-state index contributed by atoms with van der Waals surface area (Å²) >= 11 is 1.61. The van der Waals surface area contributed by atoms with Crippen molar-refractivity contribution in [1.29, 1.82) is 0 Å². The minimum atomic E-state index is -4.38. The summed E-state index contributed by atoms with van der Waals surface area (Å²) in [7, 11) is 0. The standard InChI is InChI=1S/C26H23F3N2O3S/c1-16(35-21-13-11-20(12-14-21)34-25(2,3)24(32)33)22-6-4-5-17-15-31(30-23(17)22)19-9-7-18(8-10-19)26(27,28)29/h4-16H,1-3H3,(H,32,33). The number of rotatable bonds is 7. The molecule has 5 nitrogen and oxygen atoms in total. The summed E-state index contributed by atoms with van der Waals surface area (Å²) in [6, 6.07) is 17.9. The molecule has 0 radical (unpaired) electrons. The van der Waals surface area contributed by atoms with Crippen LogP contribution >= 0.6 is 11.8 Å². The van der Waals surface area contributed by atoms with E-state index in [2.05, 4.69) is 12.0 Å². The van der Waals surface area contributed by atoms with E-state index < -0.39 is 23.3 Å². The number of thioether (sulfide) groups is 1. The number of carboxylic acids is 1. The smallest absolute Gasteiger partial charge is 0.416 e. The lowest BCUT2D eigenvalue weighted by Crippen LogP contribution is -2.37. The minimum absolute atomic E-state index is 0.0249. The van der Waals surface area contributed by atoms with E-state index in [1.165, 1.54) is 26.0 Å². The molecule has 0 amide bonds. The third kappa shape index (κ3) is 5.45. The number of fused-ring (bicyclic) bond motifs is 1. The summed E-state index contributed by atoms with van der Waals surface area (Å²) in [5.41, 5.74) is 0.275. The van der Waals surface area contributed by atoms with E-state index in [0.717, 1.165) is 33.5 Å². The van der Waals surface area contributed by atoms with Crippen LogP contribution in [0, 0.1) is 0 Å². The molecule has 4 rings (SSSR count). The van der Waals surface area contributed by atoms with Crippen LogP contribution in [-0.2, 0) is 11.0 Å². The summed E-state index contributed by atoms with van der Waals surface area (Å²) in [6.07, 6.45) is -2.58. The molecule has 9 heteroatoms.